The largest absolute Gasteiger partial charge is 0.439 e. The molecule has 0 aliphatic heterocycles. The molecule has 0 aliphatic carbocycles. The number of hydrogen-bond donors (Lipinski definition) is 3. The van der Waals surface area contributed by atoms with Crippen LogP contribution in [0.2, 0.25) is 0 Å². The van der Waals surface area contributed by atoms with E-state index in [4.69, 9.17) is 15.7 Å². The van der Waals surface area contributed by atoms with Crippen molar-refractivity contribution in [1.29, 1.82) is 0 Å². The Morgan fingerprint density at radius 3 is 2.63 bits per heavy atom. The highest BCUT2D eigenvalue weighted by Gasteiger charge is 2.03. The summed E-state index contributed by atoms with van der Waals surface area (Å²) in [4.78, 5) is 8.17. The van der Waals surface area contributed by atoms with Crippen LogP contribution in [0.4, 0.5) is 5.95 Å². The Hall–Kier alpha value is -2.18. The van der Waals surface area contributed by atoms with Gasteiger partial charge in [-0.25, -0.2) is 10.8 Å². The molecule has 100 valence electrons. The molecule has 1 aromatic heterocycles. The highest BCUT2D eigenvalue weighted by atomic mass is 16.5. The van der Waals surface area contributed by atoms with Crippen LogP contribution in [0, 0.1) is 6.92 Å². The minimum atomic E-state index is 0.136. The molecule has 0 saturated heterocycles. The first-order chi connectivity index (χ1) is 9.21. The summed E-state index contributed by atoms with van der Waals surface area (Å²) < 4.78 is 5.63. The summed E-state index contributed by atoms with van der Waals surface area (Å²) in [6.45, 7) is 1.97. The lowest BCUT2D eigenvalue weighted by atomic mass is 10.1. The van der Waals surface area contributed by atoms with Gasteiger partial charge in [-0.15, -0.1) is 0 Å². The third-order valence-electron chi connectivity index (χ3n) is 2.51. The summed E-state index contributed by atoms with van der Waals surface area (Å²) in [7, 11) is 0. The van der Waals surface area contributed by atoms with Gasteiger partial charge in [-0.2, -0.15) is 4.98 Å². The molecule has 1 heterocycles. The van der Waals surface area contributed by atoms with Gasteiger partial charge in [-0.1, -0.05) is 12.1 Å². The summed E-state index contributed by atoms with van der Waals surface area (Å²) >= 11 is 0. The van der Waals surface area contributed by atoms with Crippen molar-refractivity contribution in [2.24, 2.45) is 5.84 Å². The lowest BCUT2D eigenvalue weighted by molar-refractivity contribution is 0.299. The fraction of sp³-hybridized carbons (Fsp3) is 0.231. The van der Waals surface area contributed by atoms with Crippen LogP contribution in [0.25, 0.3) is 0 Å². The normalized spacial score (nSPS) is 10.3. The van der Waals surface area contributed by atoms with Crippen LogP contribution in [0.5, 0.6) is 11.6 Å². The van der Waals surface area contributed by atoms with Crippen LogP contribution in [-0.2, 0) is 6.42 Å². The van der Waals surface area contributed by atoms with E-state index < -0.39 is 0 Å². The zero-order valence-electron chi connectivity index (χ0n) is 10.6. The van der Waals surface area contributed by atoms with Crippen LogP contribution >= 0.6 is 0 Å². The van der Waals surface area contributed by atoms with Crippen molar-refractivity contribution in [3.63, 3.8) is 0 Å². The molecule has 0 spiro atoms. The quantitative estimate of drug-likeness (QED) is 0.556. The predicted octanol–water partition coefficient (Wildman–Crippen LogP) is 1.40. The van der Waals surface area contributed by atoms with Crippen molar-refractivity contribution in [2.75, 3.05) is 12.0 Å². The van der Waals surface area contributed by atoms with Crippen molar-refractivity contribution in [3.8, 4) is 11.6 Å². The predicted molar refractivity (Wildman–Crippen MR) is 71.9 cm³/mol. The summed E-state index contributed by atoms with van der Waals surface area (Å²) in [5.41, 5.74) is 4.20. The van der Waals surface area contributed by atoms with E-state index in [1.165, 1.54) is 0 Å². The van der Waals surface area contributed by atoms with Crippen molar-refractivity contribution in [3.05, 3.63) is 41.6 Å². The van der Waals surface area contributed by atoms with E-state index in [1.807, 2.05) is 31.2 Å². The molecule has 0 unspecified atom stereocenters. The average Bonchev–Trinajstić information content (AvgIpc) is 2.40. The van der Waals surface area contributed by atoms with Gasteiger partial charge >= 0.3 is 0 Å². The van der Waals surface area contributed by atoms with E-state index in [0.29, 0.717) is 24.0 Å². The number of anilines is 1. The number of aliphatic hydroxyl groups excluding tert-OH is 1. The second-order valence-electron chi connectivity index (χ2n) is 4.04. The van der Waals surface area contributed by atoms with Crippen LogP contribution < -0.4 is 16.0 Å². The maximum absolute atomic E-state index is 8.85. The van der Waals surface area contributed by atoms with E-state index >= 15 is 0 Å². The monoisotopic (exact) mass is 260 g/mol. The van der Waals surface area contributed by atoms with Gasteiger partial charge in [0, 0.05) is 18.4 Å². The van der Waals surface area contributed by atoms with E-state index in [1.54, 1.807) is 6.07 Å². The number of ether oxygens (including phenoxy) is 1. The van der Waals surface area contributed by atoms with Gasteiger partial charge < -0.3 is 9.84 Å². The zero-order valence-corrected chi connectivity index (χ0v) is 10.6. The van der Waals surface area contributed by atoms with Crippen molar-refractivity contribution < 1.29 is 9.84 Å². The number of aromatic nitrogens is 2. The number of hydrogen-bond acceptors (Lipinski definition) is 6. The number of hydrazine groups is 1. The minimum absolute atomic E-state index is 0.136. The van der Waals surface area contributed by atoms with Crippen LogP contribution in [0.3, 0.4) is 0 Å². The number of rotatable bonds is 5. The number of aryl methyl sites for hydroxylation is 1. The molecule has 0 aliphatic rings. The molecule has 0 saturated carbocycles. The third-order valence-corrected chi connectivity index (χ3v) is 2.51. The molecular formula is C13H16N4O2. The summed E-state index contributed by atoms with van der Waals surface area (Å²) in [6.07, 6.45) is 0.633. The molecule has 0 fully saturated rings. The van der Waals surface area contributed by atoms with Gasteiger partial charge in [0.25, 0.3) is 0 Å². The Kier molecular flexibility index (Phi) is 4.27. The second kappa shape index (κ2) is 6.12. The smallest absolute Gasteiger partial charge is 0.240 e. The highest BCUT2D eigenvalue weighted by molar-refractivity contribution is 5.34. The highest BCUT2D eigenvalue weighted by Crippen LogP contribution is 2.21. The maximum Gasteiger partial charge on any atom is 0.240 e. The fourth-order valence-electron chi connectivity index (χ4n) is 1.63. The van der Waals surface area contributed by atoms with Crippen LogP contribution in [0.15, 0.2) is 30.3 Å². The Morgan fingerprint density at radius 1 is 1.26 bits per heavy atom. The number of nitrogens with two attached hydrogens (primary N) is 1. The molecule has 4 N–H and O–H groups in total. The molecule has 1 aromatic carbocycles. The molecule has 0 radical (unpaired) electrons. The molecule has 6 nitrogen and oxygen atoms in total. The second-order valence-corrected chi connectivity index (χ2v) is 4.04. The maximum atomic E-state index is 8.85. The lowest BCUT2D eigenvalue weighted by Gasteiger charge is -2.07. The van der Waals surface area contributed by atoms with E-state index in [2.05, 4.69) is 15.4 Å². The molecule has 2 aromatic rings. The number of nitrogens with one attached hydrogen (secondary N) is 1. The standard InChI is InChI=1S/C13H16N4O2/c1-9-8-12(16-13(15-9)17-14)19-11-4-2-10(3-5-11)6-7-18/h2-5,8,18H,6-7,14H2,1H3,(H,15,16,17). The Labute approximate surface area is 111 Å². The van der Waals surface area contributed by atoms with Crippen LogP contribution in [0.1, 0.15) is 11.3 Å². The first-order valence-corrected chi connectivity index (χ1v) is 5.91. The minimum Gasteiger partial charge on any atom is -0.439 e. The van der Waals surface area contributed by atoms with E-state index in [-0.39, 0.29) is 6.61 Å². The number of nitrogen functional groups attached to an aromatic ring is 1. The van der Waals surface area contributed by atoms with Crippen LogP contribution in [-0.4, -0.2) is 21.7 Å². The topological polar surface area (TPSA) is 93.3 Å². The Morgan fingerprint density at radius 2 is 2.00 bits per heavy atom. The average molecular weight is 260 g/mol. The van der Waals surface area contributed by atoms with Gasteiger partial charge in [0.2, 0.25) is 11.8 Å². The van der Waals surface area contributed by atoms with Crippen molar-refractivity contribution in [2.45, 2.75) is 13.3 Å². The number of benzene rings is 1. The fourth-order valence-corrected chi connectivity index (χ4v) is 1.63. The summed E-state index contributed by atoms with van der Waals surface area (Å²) in [6, 6.07) is 9.20. The molecule has 6 heteroatoms. The van der Waals surface area contributed by atoms with Gasteiger partial charge in [-0.05, 0) is 31.0 Å². The summed E-state index contributed by atoms with van der Waals surface area (Å²) in [5.74, 6) is 6.69. The van der Waals surface area contributed by atoms with Crippen molar-refractivity contribution in [1.82, 2.24) is 9.97 Å². The summed E-state index contributed by atoms with van der Waals surface area (Å²) in [5, 5.41) is 8.85. The third kappa shape index (κ3) is 3.64. The lowest BCUT2D eigenvalue weighted by Crippen LogP contribution is -2.11. The number of nitrogens with zero attached hydrogens (tertiary/aromatic N) is 2. The molecule has 0 atom stereocenters. The molecule has 2 rings (SSSR count). The van der Waals surface area contributed by atoms with Gasteiger partial charge in [0.05, 0.1) is 0 Å². The van der Waals surface area contributed by atoms with Gasteiger partial charge in [0.15, 0.2) is 0 Å². The molecule has 0 bridgehead atoms. The number of aliphatic hydroxyl groups is 1. The zero-order chi connectivity index (χ0) is 13.7. The van der Waals surface area contributed by atoms with E-state index in [0.717, 1.165) is 11.3 Å². The SMILES string of the molecule is Cc1cc(Oc2ccc(CCO)cc2)nc(NN)n1. The van der Waals surface area contributed by atoms with Gasteiger partial charge in [0.1, 0.15) is 5.75 Å². The molecular weight excluding hydrogens is 244 g/mol. The van der Waals surface area contributed by atoms with Crippen molar-refractivity contribution >= 4 is 5.95 Å². The molecule has 0 amide bonds. The first-order valence-electron chi connectivity index (χ1n) is 5.91. The van der Waals surface area contributed by atoms with E-state index in [9.17, 15) is 0 Å². The first kappa shape index (κ1) is 13.3. The Bertz CT molecular complexity index is 543. The van der Waals surface area contributed by atoms with Gasteiger partial charge in [-0.3, -0.25) is 5.43 Å². The Balaban J connectivity index is 2.14. The molecule has 19 heavy (non-hydrogen) atoms.